The van der Waals surface area contributed by atoms with Crippen LogP contribution in [-0.4, -0.2) is 11.7 Å². The van der Waals surface area contributed by atoms with Crippen molar-refractivity contribution in [3.63, 3.8) is 0 Å². The SMILES string of the molecule is CC(=O)c1ccc2c(c1)C(C)(C)CC(=O)N2C(C)c1ccccc1. The van der Waals surface area contributed by atoms with Crippen LogP contribution in [0.15, 0.2) is 48.5 Å². The first-order chi connectivity index (χ1) is 11.3. The molecule has 3 rings (SSSR count). The Bertz CT molecular complexity index is 793. The standard InChI is InChI=1S/C21H23NO2/c1-14(16-8-6-5-7-9-16)22-19-11-10-17(15(2)23)12-18(19)21(3,4)13-20(22)24/h5-12,14H,13H2,1-4H3. The summed E-state index contributed by atoms with van der Waals surface area (Å²) in [5.41, 5.74) is 3.51. The third kappa shape index (κ3) is 2.75. The maximum Gasteiger partial charge on any atom is 0.228 e. The zero-order valence-corrected chi connectivity index (χ0v) is 14.7. The Morgan fingerprint density at radius 3 is 2.42 bits per heavy atom. The molecule has 0 N–H and O–H groups in total. The summed E-state index contributed by atoms with van der Waals surface area (Å²) < 4.78 is 0. The number of carbonyl (C=O) groups is 2. The van der Waals surface area contributed by atoms with Gasteiger partial charge in [-0.15, -0.1) is 0 Å². The second-order valence-corrected chi connectivity index (χ2v) is 7.20. The van der Waals surface area contributed by atoms with Crippen LogP contribution in [0.5, 0.6) is 0 Å². The van der Waals surface area contributed by atoms with Gasteiger partial charge < -0.3 is 4.90 Å². The van der Waals surface area contributed by atoms with Gasteiger partial charge in [0.25, 0.3) is 0 Å². The molecule has 1 unspecified atom stereocenters. The van der Waals surface area contributed by atoms with Crippen molar-refractivity contribution in [1.82, 2.24) is 0 Å². The van der Waals surface area contributed by atoms with Crippen LogP contribution in [0.4, 0.5) is 5.69 Å². The number of benzene rings is 2. The van der Waals surface area contributed by atoms with Crippen LogP contribution in [0.3, 0.4) is 0 Å². The highest BCUT2D eigenvalue weighted by Gasteiger charge is 2.39. The Morgan fingerprint density at radius 1 is 1.12 bits per heavy atom. The van der Waals surface area contributed by atoms with E-state index in [-0.39, 0.29) is 23.1 Å². The van der Waals surface area contributed by atoms with Crippen molar-refractivity contribution in [2.75, 3.05) is 4.90 Å². The van der Waals surface area contributed by atoms with Gasteiger partial charge in [-0.3, -0.25) is 9.59 Å². The molecule has 3 nitrogen and oxygen atoms in total. The molecule has 124 valence electrons. The first-order valence-corrected chi connectivity index (χ1v) is 8.34. The summed E-state index contributed by atoms with van der Waals surface area (Å²) in [5, 5.41) is 0. The highest BCUT2D eigenvalue weighted by molar-refractivity contribution is 6.00. The van der Waals surface area contributed by atoms with E-state index in [4.69, 9.17) is 0 Å². The maximum absolute atomic E-state index is 12.9. The molecule has 1 aliphatic rings. The van der Waals surface area contributed by atoms with Crippen LogP contribution in [0.2, 0.25) is 0 Å². The number of Topliss-reactive ketones (excluding diaryl/α,β-unsaturated/α-hetero) is 1. The van der Waals surface area contributed by atoms with Crippen LogP contribution < -0.4 is 4.90 Å². The number of ketones is 1. The van der Waals surface area contributed by atoms with Crippen LogP contribution in [-0.2, 0) is 10.2 Å². The van der Waals surface area contributed by atoms with E-state index in [1.54, 1.807) is 6.92 Å². The van der Waals surface area contributed by atoms with E-state index in [1.807, 2.05) is 60.4 Å². The van der Waals surface area contributed by atoms with Gasteiger partial charge in [-0.05, 0) is 43.2 Å². The summed E-state index contributed by atoms with van der Waals surface area (Å²) in [5.74, 6) is 0.174. The van der Waals surface area contributed by atoms with Gasteiger partial charge in [0.2, 0.25) is 5.91 Å². The molecular weight excluding hydrogens is 298 g/mol. The predicted molar refractivity (Wildman–Crippen MR) is 96.4 cm³/mol. The van der Waals surface area contributed by atoms with E-state index in [0.717, 1.165) is 16.8 Å². The Labute approximate surface area is 143 Å². The van der Waals surface area contributed by atoms with Crippen LogP contribution >= 0.6 is 0 Å². The van der Waals surface area contributed by atoms with Gasteiger partial charge in [0.1, 0.15) is 0 Å². The topological polar surface area (TPSA) is 37.4 Å². The lowest BCUT2D eigenvalue weighted by Gasteiger charge is -2.41. The van der Waals surface area contributed by atoms with Gasteiger partial charge in [0.05, 0.1) is 6.04 Å². The number of nitrogens with zero attached hydrogens (tertiary/aromatic N) is 1. The average Bonchev–Trinajstić information content (AvgIpc) is 2.54. The first-order valence-electron chi connectivity index (χ1n) is 8.34. The fraction of sp³-hybridized carbons (Fsp3) is 0.333. The fourth-order valence-electron chi connectivity index (χ4n) is 3.51. The Morgan fingerprint density at radius 2 is 1.79 bits per heavy atom. The number of anilines is 1. The largest absolute Gasteiger partial charge is 0.305 e. The second kappa shape index (κ2) is 5.90. The summed E-state index contributed by atoms with van der Waals surface area (Å²) in [4.78, 5) is 26.5. The molecule has 0 aromatic heterocycles. The number of carbonyl (C=O) groups excluding carboxylic acids is 2. The van der Waals surface area contributed by atoms with Crippen molar-refractivity contribution in [1.29, 1.82) is 0 Å². The van der Waals surface area contributed by atoms with Crippen LogP contribution in [0.1, 0.15) is 61.6 Å². The molecule has 3 heteroatoms. The molecule has 0 radical (unpaired) electrons. The number of fused-ring (bicyclic) bond motifs is 1. The van der Waals surface area contributed by atoms with Crippen molar-refractivity contribution in [2.24, 2.45) is 0 Å². The molecule has 2 aromatic carbocycles. The highest BCUT2D eigenvalue weighted by Crippen LogP contribution is 2.43. The van der Waals surface area contributed by atoms with E-state index in [2.05, 4.69) is 13.8 Å². The number of hydrogen-bond donors (Lipinski definition) is 0. The molecule has 1 heterocycles. The average molecular weight is 321 g/mol. The molecule has 1 atom stereocenters. The molecule has 1 amide bonds. The third-order valence-corrected chi connectivity index (χ3v) is 4.92. The van der Waals surface area contributed by atoms with Crippen molar-refractivity contribution in [3.05, 3.63) is 65.2 Å². The van der Waals surface area contributed by atoms with Crippen molar-refractivity contribution in [2.45, 2.75) is 45.6 Å². The molecule has 24 heavy (non-hydrogen) atoms. The Balaban J connectivity index is 2.13. The Hall–Kier alpha value is -2.42. The molecule has 1 aliphatic heterocycles. The normalized spacial score (nSPS) is 17.3. The number of rotatable bonds is 3. The van der Waals surface area contributed by atoms with Gasteiger partial charge in [0.15, 0.2) is 5.78 Å². The fourth-order valence-corrected chi connectivity index (χ4v) is 3.51. The summed E-state index contributed by atoms with van der Waals surface area (Å²) in [6, 6.07) is 15.7. The molecule has 0 bridgehead atoms. The van der Waals surface area contributed by atoms with Gasteiger partial charge >= 0.3 is 0 Å². The zero-order valence-electron chi connectivity index (χ0n) is 14.7. The van der Waals surface area contributed by atoms with E-state index in [9.17, 15) is 9.59 Å². The van der Waals surface area contributed by atoms with Gasteiger partial charge in [-0.25, -0.2) is 0 Å². The predicted octanol–water partition coefficient (Wildman–Crippen LogP) is 4.66. The minimum Gasteiger partial charge on any atom is -0.305 e. The quantitative estimate of drug-likeness (QED) is 0.771. The summed E-state index contributed by atoms with van der Waals surface area (Å²) >= 11 is 0. The van der Waals surface area contributed by atoms with Crippen molar-refractivity contribution >= 4 is 17.4 Å². The molecule has 0 saturated heterocycles. The van der Waals surface area contributed by atoms with Gasteiger partial charge in [-0.1, -0.05) is 44.2 Å². The van der Waals surface area contributed by atoms with E-state index < -0.39 is 0 Å². The minimum atomic E-state index is -0.273. The van der Waals surface area contributed by atoms with E-state index in [0.29, 0.717) is 12.0 Å². The maximum atomic E-state index is 12.9. The lowest BCUT2D eigenvalue weighted by Crippen LogP contribution is -2.43. The molecule has 2 aromatic rings. The summed E-state index contributed by atoms with van der Waals surface area (Å²) in [6.45, 7) is 7.76. The number of hydrogen-bond acceptors (Lipinski definition) is 2. The summed E-state index contributed by atoms with van der Waals surface area (Å²) in [7, 11) is 0. The van der Waals surface area contributed by atoms with Crippen molar-refractivity contribution < 1.29 is 9.59 Å². The monoisotopic (exact) mass is 321 g/mol. The zero-order chi connectivity index (χ0) is 17.5. The molecule has 0 fully saturated rings. The smallest absolute Gasteiger partial charge is 0.228 e. The van der Waals surface area contributed by atoms with E-state index in [1.165, 1.54) is 0 Å². The van der Waals surface area contributed by atoms with Crippen LogP contribution in [0, 0.1) is 0 Å². The minimum absolute atomic E-state index is 0.0447. The first kappa shape index (κ1) is 16.4. The van der Waals surface area contributed by atoms with Crippen molar-refractivity contribution in [3.8, 4) is 0 Å². The molecule has 0 spiro atoms. The molecule has 0 aliphatic carbocycles. The third-order valence-electron chi connectivity index (χ3n) is 4.92. The Kier molecular flexibility index (Phi) is 4.04. The van der Waals surface area contributed by atoms with Gasteiger partial charge in [-0.2, -0.15) is 0 Å². The van der Waals surface area contributed by atoms with Crippen LogP contribution in [0.25, 0.3) is 0 Å². The van der Waals surface area contributed by atoms with Gasteiger partial charge in [0, 0.05) is 23.1 Å². The second-order valence-electron chi connectivity index (χ2n) is 7.20. The lowest BCUT2D eigenvalue weighted by molar-refractivity contribution is -0.120. The number of amides is 1. The summed E-state index contributed by atoms with van der Waals surface area (Å²) in [6.07, 6.45) is 0.443. The van der Waals surface area contributed by atoms with E-state index >= 15 is 0 Å². The lowest BCUT2D eigenvalue weighted by atomic mass is 9.76. The highest BCUT2D eigenvalue weighted by atomic mass is 16.2. The molecule has 0 saturated carbocycles. The molecular formula is C21H23NO2.